The minimum Gasteiger partial charge on any atom is -0.493 e. The van der Waals surface area contributed by atoms with E-state index in [1.807, 2.05) is 50.6 Å². The molecule has 4 heterocycles. The third-order valence-electron chi connectivity index (χ3n) is 8.24. The van der Waals surface area contributed by atoms with Gasteiger partial charge in [0.25, 0.3) is 5.56 Å². The van der Waals surface area contributed by atoms with E-state index in [4.69, 9.17) is 14.5 Å². The van der Waals surface area contributed by atoms with Crippen LogP contribution in [0, 0.1) is 6.92 Å². The van der Waals surface area contributed by atoms with Crippen molar-refractivity contribution in [1.82, 2.24) is 24.4 Å². The number of aromatic nitrogens is 4. The molecule has 5 rings (SSSR count). The van der Waals surface area contributed by atoms with Gasteiger partial charge >= 0.3 is 6.09 Å². The van der Waals surface area contributed by atoms with Crippen LogP contribution in [0.5, 0.6) is 0 Å². The summed E-state index contributed by atoms with van der Waals surface area (Å²) in [6.07, 6.45) is 9.24. The summed E-state index contributed by atoms with van der Waals surface area (Å²) in [7, 11) is 0. The highest BCUT2D eigenvalue weighted by molar-refractivity contribution is 5.84. The molecule has 0 aromatic carbocycles. The van der Waals surface area contributed by atoms with Crippen molar-refractivity contribution in [2.24, 2.45) is 0 Å². The quantitative estimate of drug-likeness (QED) is 0.226. The Balaban J connectivity index is 1.34. The number of aryl methyl sites for hydroxylation is 1. The smallest absolute Gasteiger partial charge is 0.410 e. The minimum absolute atomic E-state index is 0.0729. The van der Waals surface area contributed by atoms with E-state index >= 15 is 0 Å². The zero-order chi connectivity index (χ0) is 31.4. The maximum Gasteiger partial charge on any atom is 0.410 e. The summed E-state index contributed by atoms with van der Waals surface area (Å²) in [5.74, 6) is 1.38. The van der Waals surface area contributed by atoms with Crippen molar-refractivity contribution >= 4 is 40.3 Å². The normalized spacial score (nSPS) is 15.9. The maximum atomic E-state index is 13.9. The van der Waals surface area contributed by atoms with E-state index in [9.17, 15) is 9.59 Å². The van der Waals surface area contributed by atoms with Crippen LogP contribution in [0.3, 0.4) is 0 Å². The zero-order valence-electron chi connectivity index (χ0n) is 26.7. The van der Waals surface area contributed by atoms with Crippen LogP contribution in [0.15, 0.2) is 35.9 Å². The number of ether oxygens (including phenoxy) is 2. The van der Waals surface area contributed by atoms with Gasteiger partial charge in [0, 0.05) is 43.8 Å². The van der Waals surface area contributed by atoms with Crippen molar-refractivity contribution in [3.8, 4) is 0 Å². The Morgan fingerprint density at radius 2 is 1.82 bits per heavy atom. The molecule has 0 unspecified atom stereocenters. The third kappa shape index (κ3) is 6.97. The SMILES string of the molecule is C=C(OCCCC)c1c(C)c2cnc(Nc3ccc(N4CCN(C(=O)OC(C)(C)C)CC4)cn3)nc2n(C2CCCC2)c1=O. The summed E-state index contributed by atoms with van der Waals surface area (Å²) in [5.41, 5.74) is 2.25. The van der Waals surface area contributed by atoms with Gasteiger partial charge in [0.05, 0.1) is 24.1 Å². The van der Waals surface area contributed by atoms with E-state index in [1.54, 1.807) is 11.1 Å². The van der Waals surface area contributed by atoms with Crippen LogP contribution in [0.1, 0.15) is 83.4 Å². The van der Waals surface area contributed by atoms with E-state index in [-0.39, 0.29) is 17.7 Å². The standard InChI is InChI=1S/C33H45N7O4/c1-7-8-19-43-23(3)28-22(2)26-21-35-31(37-29(26)40(30(28)41)24-11-9-10-12-24)36-27-14-13-25(20-34-27)38-15-17-39(18-16-38)32(42)44-33(4,5)6/h13-14,20-21,24H,3,7-12,15-19H2,1-2,4-6H3,(H,34,35,36,37). The van der Waals surface area contributed by atoms with Crippen LogP contribution in [-0.4, -0.2) is 68.9 Å². The molecule has 44 heavy (non-hydrogen) atoms. The zero-order valence-corrected chi connectivity index (χ0v) is 26.7. The summed E-state index contributed by atoms with van der Waals surface area (Å²) in [6.45, 7) is 16.8. The van der Waals surface area contributed by atoms with E-state index in [2.05, 4.69) is 33.7 Å². The lowest BCUT2D eigenvalue weighted by Crippen LogP contribution is -2.50. The average Bonchev–Trinajstić information content (AvgIpc) is 3.51. The second-order valence-corrected chi connectivity index (χ2v) is 12.7. The molecule has 236 valence electrons. The molecule has 11 heteroatoms. The first kappa shape index (κ1) is 31.3. The summed E-state index contributed by atoms with van der Waals surface area (Å²) < 4.78 is 13.2. The summed E-state index contributed by atoms with van der Waals surface area (Å²) in [6, 6.07) is 3.96. The van der Waals surface area contributed by atoms with Gasteiger partial charge in [-0.05, 0) is 64.7 Å². The van der Waals surface area contributed by atoms with Crippen molar-refractivity contribution in [2.45, 2.75) is 84.8 Å². The first-order valence-corrected chi connectivity index (χ1v) is 15.8. The monoisotopic (exact) mass is 603 g/mol. The fourth-order valence-electron chi connectivity index (χ4n) is 5.87. The summed E-state index contributed by atoms with van der Waals surface area (Å²) >= 11 is 0. The first-order valence-electron chi connectivity index (χ1n) is 15.8. The lowest BCUT2D eigenvalue weighted by molar-refractivity contribution is 0.0240. The number of carbonyl (C=O) groups is 1. The lowest BCUT2D eigenvalue weighted by atomic mass is 10.0. The van der Waals surface area contributed by atoms with Gasteiger partial charge < -0.3 is 24.6 Å². The number of anilines is 3. The second-order valence-electron chi connectivity index (χ2n) is 12.7. The number of hydrogen-bond donors (Lipinski definition) is 1. The molecule has 0 spiro atoms. The van der Waals surface area contributed by atoms with E-state index < -0.39 is 5.60 Å². The molecule has 11 nitrogen and oxygen atoms in total. The Hall–Kier alpha value is -4.15. The predicted molar refractivity (Wildman–Crippen MR) is 173 cm³/mol. The van der Waals surface area contributed by atoms with Gasteiger partial charge in [-0.2, -0.15) is 4.98 Å². The number of nitrogens with zero attached hydrogens (tertiary/aromatic N) is 6. The molecule has 1 N–H and O–H groups in total. The highest BCUT2D eigenvalue weighted by Gasteiger charge is 2.27. The number of piperazine rings is 1. The molecule has 1 amide bonds. The third-order valence-corrected chi connectivity index (χ3v) is 8.24. The van der Waals surface area contributed by atoms with E-state index in [0.717, 1.165) is 55.2 Å². The highest BCUT2D eigenvalue weighted by Crippen LogP contribution is 2.33. The predicted octanol–water partition coefficient (Wildman–Crippen LogP) is 6.20. The average molecular weight is 604 g/mol. The van der Waals surface area contributed by atoms with E-state index in [1.165, 1.54) is 0 Å². The molecule has 0 radical (unpaired) electrons. The number of rotatable bonds is 9. The second kappa shape index (κ2) is 13.2. The number of hydrogen-bond acceptors (Lipinski definition) is 9. The molecule has 2 aliphatic rings. The highest BCUT2D eigenvalue weighted by atomic mass is 16.6. The topological polar surface area (TPSA) is 115 Å². The van der Waals surface area contributed by atoms with Crippen LogP contribution in [0.4, 0.5) is 22.2 Å². The molecule has 2 fully saturated rings. The Morgan fingerprint density at radius 3 is 2.45 bits per heavy atom. The van der Waals surface area contributed by atoms with Crippen molar-refractivity contribution in [2.75, 3.05) is 43.0 Å². The van der Waals surface area contributed by atoms with Gasteiger partial charge in [-0.25, -0.2) is 14.8 Å². The lowest BCUT2D eigenvalue weighted by Gasteiger charge is -2.36. The first-order chi connectivity index (χ1) is 21.1. The van der Waals surface area contributed by atoms with Crippen molar-refractivity contribution < 1.29 is 14.3 Å². The van der Waals surface area contributed by atoms with Gasteiger partial charge in [-0.15, -0.1) is 0 Å². The van der Waals surface area contributed by atoms with Crippen molar-refractivity contribution in [3.63, 3.8) is 0 Å². The van der Waals surface area contributed by atoms with Gasteiger partial charge in [0.1, 0.15) is 22.8 Å². The summed E-state index contributed by atoms with van der Waals surface area (Å²) in [4.78, 5) is 44.3. The molecule has 0 atom stereocenters. The van der Waals surface area contributed by atoms with Crippen LogP contribution in [0.25, 0.3) is 16.8 Å². The number of nitrogens with one attached hydrogen (secondary N) is 1. The fraction of sp³-hybridized carbons (Fsp3) is 0.545. The molecular formula is C33H45N7O4. The van der Waals surface area contributed by atoms with Gasteiger partial charge in [-0.3, -0.25) is 9.36 Å². The molecular weight excluding hydrogens is 558 g/mol. The van der Waals surface area contributed by atoms with Crippen molar-refractivity contribution in [1.29, 1.82) is 0 Å². The molecule has 1 saturated carbocycles. The largest absolute Gasteiger partial charge is 0.493 e. The van der Waals surface area contributed by atoms with Gasteiger partial charge in [0.2, 0.25) is 5.95 Å². The number of carbonyl (C=O) groups excluding carboxylic acids is 1. The Bertz CT molecular complexity index is 1550. The number of pyridine rings is 2. The number of unbranched alkanes of at least 4 members (excludes halogenated alkanes) is 1. The number of amides is 1. The summed E-state index contributed by atoms with van der Waals surface area (Å²) in [5, 5.41) is 4.03. The van der Waals surface area contributed by atoms with Crippen molar-refractivity contribution in [3.05, 3.63) is 52.6 Å². The Morgan fingerprint density at radius 1 is 1.09 bits per heavy atom. The fourth-order valence-corrected chi connectivity index (χ4v) is 5.87. The molecule has 1 aliphatic carbocycles. The molecule has 3 aromatic heterocycles. The van der Waals surface area contributed by atoms with Gasteiger partial charge in [0.15, 0.2) is 0 Å². The minimum atomic E-state index is -0.510. The van der Waals surface area contributed by atoms with Crippen LogP contribution >= 0.6 is 0 Å². The van der Waals surface area contributed by atoms with E-state index in [0.29, 0.717) is 61.5 Å². The Labute approximate surface area is 259 Å². The van der Waals surface area contributed by atoms with Crippen LogP contribution in [-0.2, 0) is 9.47 Å². The molecule has 3 aromatic rings. The maximum absolute atomic E-state index is 13.9. The molecule has 1 saturated heterocycles. The molecule has 0 bridgehead atoms. The van der Waals surface area contributed by atoms with Gasteiger partial charge in [-0.1, -0.05) is 32.8 Å². The van der Waals surface area contributed by atoms with Crippen LogP contribution < -0.4 is 15.8 Å². The Kier molecular flexibility index (Phi) is 9.41. The molecule has 1 aliphatic heterocycles. The van der Waals surface area contributed by atoms with Crippen LogP contribution in [0.2, 0.25) is 0 Å². The number of fused-ring (bicyclic) bond motifs is 1.